The predicted molar refractivity (Wildman–Crippen MR) is 133 cm³/mol. The lowest BCUT2D eigenvalue weighted by molar-refractivity contribution is 0.0951. The second-order valence-corrected chi connectivity index (χ2v) is 9.29. The van der Waals surface area contributed by atoms with Crippen LogP contribution < -0.4 is 15.5 Å². The number of pyridine rings is 2. The Balaban J connectivity index is 1.42. The van der Waals surface area contributed by atoms with Gasteiger partial charge in [-0.3, -0.25) is 14.7 Å². The molecule has 168 valence electrons. The van der Waals surface area contributed by atoms with Gasteiger partial charge in [0.05, 0.1) is 34.2 Å². The normalized spacial score (nSPS) is 17.2. The lowest BCUT2D eigenvalue weighted by atomic mass is 10.1. The highest BCUT2D eigenvalue weighted by Gasteiger charge is 2.34. The first-order valence-electron chi connectivity index (χ1n) is 11.0. The molecule has 1 aliphatic carbocycles. The van der Waals surface area contributed by atoms with Crippen LogP contribution in [-0.2, 0) is 0 Å². The molecule has 0 bridgehead atoms. The van der Waals surface area contributed by atoms with Crippen LogP contribution in [-0.4, -0.2) is 33.7 Å². The molecule has 6 rings (SSSR count). The summed E-state index contributed by atoms with van der Waals surface area (Å²) >= 11 is 1.25. The van der Waals surface area contributed by atoms with Gasteiger partial charge < -0.3 is 16.0 Å². The highest BCUT2D eigenvalue weighted by atomic mass is 32.1. The van der Waals surface area contributed by atoms with Crippen molar-refractivity contribution in [3.63, 3.8) is 0 Å². The number of hydrogen-bond acceptors (Lipinski definition) is 6. The van der Waals surface area contributed by atoms with Crippen LogP contribution in [0.25, 0.3) is 21.5 Å². The molecule has 4 aromatic rings. The van der Waals surface area contributed by atoms with Crippen molar-refractivity contribution in [2.45, 2.75) is 25.3 Å². The van der Waals surface area contributed by atoms with Gasteiger partial charge >= 0.3 is 6.03 Å². The lowest BCUT2D eigenvalue weighted by Crippen LogP contribution is -2.38. The van der Waals surface area contributed by atoms with E-state index in [2.05, 4.69) is 20.6 Å². The van der Waals surface area contributed by atoms with Crippen molar-refractivity contribution < 1.29 is 9.59 Å². The molecular formula is C25H20N6O2S. The van der Waals surface area contributed by atoms with Crippen LogP contribution in [0.15, 0.2) is 60.9 Å². The van der Waals surface area contributed by atoms with Gasteiger partial charge in [0.25, 0.3) is 5.91 Å². The largest absolute Gasteiger partial charge is 0.343 e. The van der Waals surface area contributed by atoms with Crippen LogP contribution in [0.1, 0.15) is 28.9 Å². The number of benzene rings is 1. The van der Waals surface area contributed by atoms with Crippen molar-refractivity contribution in [2.75, 3.05) is 10.2 Å². The van der Waals surface area contributed by atoms with Crippen LogP contribution >= 0.6 is 11.3 Å². The van der Waals surface area contributed by atoms with Gasteiger partial charge in [0.1, 0.15) is 9.71 Å². The first-order chi connectivity index (χ1) is 16.6. The third-order valence-electron chi connectivity index (χ3n) is 6.19. The van der Waals surface area contributed by atoms with Crippen LogP contribution in [0.2, 0.25) is 0 Å². The minimum atomic E-state index is -0.355. The molecule has 1 fully saturated rings. The van der Waals surface area contributed by atoms with Crippen molar-refractivity contribution in [2.24, 2.45) is 0 Å². The molecule has 3 N–H and O–H groups in total. The summed E-state index contributed by atoms with van der Waals surface area (Å²) in [5, 5.41) is 14.6. The quantitative estimate of drug-likeness (QED) is 0.375. The molecule has 1 saturated carbocycles. The smallest absolute Gasteiger partial charge is 0.331 e. The number of amides is 3. The van der Waals surface area contributed by atoms with Crippen molar-refractivity contribution in [1.82, 2.24) is 15.3 Å². The lowest BCUT2D eigenvalue weighted by Gasteiger charge is -2.28. The van der Waals surface area contributed by atoms with E-state index in [1.165, 1.54) is 11.3 Å². The van der Waals surface area contributed by atoms with E-state index in [4.69, 9.17) is 5.41 Å². The van der Waals surface area contributed by atoms with E-state index < -0.39 is 0 Å². The standard InChI is InChI=1S/C25H20N6O2S/c26-16-7-4-8-17(16)29-23(32)22-21-20-19(10-12-28-24(20)34-22)31(25(33)30-21)15-9-11-27-18(13-15)14-5-2-1-3-6-14/h1-3,5-6,9-13,17,26H,4,7-8H2,(H,29,32)(H,30,33)/t17-/m1/s1. The fourth-order valence-corrected chi connectivity index (χ4v) is 5.58. The average molecular weight is 469 g/mol. The maximum absolute atomic E-state index is 13.3. The van der Waals surface area contributed by atoms with E-state index in [9.17, 15) is 9.59 Å². The van der Waals surface area contributed by atoms with Gasteiger partial charge in [-0.2, -0.15) is 0 Å². The summed E-state index contributed by atoms with van der Waals surface area (Å²) in [7, 11) is 0. The summed E-state index contributed by atoms with van der Waals surface area (Å²) in [6.07, 6.45) is 5.70. The van der Waals surface area contributed by atoms with Crippen LogP contribution in [0.3, 0.4) is 0 Å². The second-order valence-electron chi connectivity index (χ2n) is 8.29. The summed E-state index contributed by atoms with van der Waals surface area (Å²) < 4.78 is 0. The van der Waals surface area contributed by atoms with E-state index in [1.807, 2.05) is 36.4 Å². The number of hydrogen-bond donors (Lipinski definition) is 3. The molecule has 3 amide bonds. The van der Waals surface area contributed by atoms with E-state index in [-0.39, 0.29) is 18.0 Å². The Morgan fingerprint density at radius 3 is 2.76 bits per heavy atom. The molecule has 2 aliphatic rings. The number of thiophene rings is 1. The number of carbonyl (C=O) groups is 2. The number of nitrogens with one attached hydrogen (secondary N) is 3. The second kappa shape index (κ2) is 8.03. The number of carbonyl (C=O) groups excluding carboxylic acids is 2. The van der Waals surface area contributed by atoms with Gasteiger partial charge in [0, 0.05) is 23.7 Å². The van der Waals surface area contributed by atoms with Gasteiger partial charge in [-0.05, 0) is 37.5 Å². The zero-order chi connectivity index (χ0) is 23.2. The summed E-state index contributed by atoms with van der Waals surface area (Å²) in [4.78, 5) is 38.0. The van der Waals surface area contributed by atoms with E-state index in [1.54, 1.807) is 29.4 Å². The molecular weight excluding hydrogens is 448 g/mol. The highest BCUT2D eigenvalue weighted by molar-refractivity contribution is 7.21. The number of rotatable bonds is 4. The summed E-state index contributed by atoms with van der Waals surface area (Å²) in [6, 6.07) is 14.6. The van der Waals surface area contributed by atoms with Gasteiger partial charge in [-0.25, -0.2) is 9.78 Å². The number of aromatic nitrogens is 2. The third-order valence-corrected chi connectivity index (χ3v) is 7.28. The molecule has 8 nitrogen and oxygen atoms in total. The summed E-state index contributed by atoms with van der Waals surface area (Å²) in [6.45, 7) is 0. The average Bonchev–Trinajstić information content (AvgIpc) is 3.44. The van der Waals surface area contributed by atoms with Gasteiger partial charge in [0.2, 0.25) is 0 Å². The molecule has 1 atom stereocenters. The molecule has 4 heterocycles. The van der Waals surface area contributed by atoms with Crippen LogP contribution in [0.5, 0.6) is 0 Å². The first kappa shape index (κ1) is 20.5. The van der Waals surface area contributed by atoms with Crippen molar-refractivity contribution in [1.29, 1.82) is 5.41 Å². The summed E-state index contributed by atoms with van der Waals surface area (Å²) in [5.74, 6) is -0.287. The molecule has 0 radical (unpaired) electrons. The predicted octanol–water partition coefficient (Wildman–Crippen LogP) is 5.34. The van der Waals surface area contributed by atoms with Crippen LogP contribution in [0, 0.1) is 5.41 Å². The summed E-state index contributed by atoms with van der Waals surface area (Å²) in [5.41, 5.74) is 4.06. The van der Waals surface area contributed by atoms with Gasteiger partial charge in [-0.15, -0.1) is 11.3 Å². The zero-order valence-corrected chi connectivity index (χ0v) is 18.9. The minimum absolute atomic E-state index is 0.249. The third kappa shape index (κ3) is 3.32. The van der Waals surface area contributed by atoms with Gasteiger partial charge in [0.15, 0.2) is 0 Å². The Bertz CT molecular complexity index is 1470. The molecule has 1 aliphatic heterocycles. The molecule has 0 unspecified atom stereocenters. The maximum Gasteiger partial charge on any atom is 0.331 e. The number of anilines is 3. The van der Waals surface area contributed by atoms with Gasteiger partial charge in [-0.1, -0.05) is 30.3 Å². The highest BCUT2D eigenvalue weighted by Crippen LogP contribution is 2.46. The molecule has 9 heteroatoms. The minimum Gasteiger partial charge on any atom is -0.343 e. The Morgan fingerprint density at radius 1 is 1.15 bits per heavy atom. The Hall–Kier alpha value is -4.11. The Labute approximate surface area is 199 Å². The topological polar surface area (TPSA) is 111 Å². The number of urea groups is 1. The molecule has 34 heavy (non-hydrogen) atoms. The molecule has 0 saturated heterocycles. The Morgan fingerprint density at radius 2 is 1.97 bits per heavy atom. The zero-order valence-electron chi connectivity index (χ0n) is 18.0. The molecule has 1 aromatic carbocycles. The van der Waals surface area contributed by atoms with E-state index in [0.29, 0.717) is 38.9 Å². The number of nitrogens with zero attached hydrogens (tertiary/aromatic N) is 3. The SMILES string of the molecule is N=C1CCC[C@H]1NC(=O)c1sc2nccc3c2c1NC(=O)N3c1ccnc(-c2ccccc2)c1. The molecule has 0 spiro atoms. The fraction of sp³-hybridized carbons (Fsp3) is 0.160. The first-order valence-corrected chi connectivity index (χ1v) is 11.8. The van der Waals surface area contributed by atoms with Crippen LogP contribution in [0.4, 0.5) is 21.9 Å². The van der Waals surface area contributed by atoms with E-state index in [0.717, 1.165) is 29.5 Å². The fourth-order valence-electron chi connectivity index (χ4n) is 4.55. The van der Waals surface area contributed by atoms with E-state index >= 15 is 0 Å². The Kier molecular flexibility index (Phi) is 4.84. The van der Waals surface area contributed by atoms with Crippen molar-refractivity contribution in [3.05, 3.63) is 65.8 Å². The monoisotopic (exact) mass is 468 g/mol. The van der Waals surface area contributed by atoms with Crippen molar-refractivity contribution >= 4 is 56.3 Å². The maximum atomic E-state index is 13.3. The van der Waals surface area contributed by atoms with Crippen molar-refractivity contribution in [3.8, 4) is 11.3 Å². The molecule has 3 aromatic heterocycles.